The molecule has 0 bridgehead atoms. The lowest BCUT2D eigenvalue weighted by molar-refractivity contribution is -0.164. The van der Waals surface area contributed by atoms with Crippen molar-refractivity contribution >= 4 is 41.0 Å². The maximum absolute atomic E-state index is 5.61. The number of hydrogen-bond donors (Lipinski definition) is 0. The van der Waals surface area contributed by atoms with E-state index in [1.54, 1.807) is 6.21 Å². The average Bonchev–Trinajstić information content (AvgIpc) is 2.67. The van der Waals surface area contributed by atoms with Gasteiger partial charge in [-0.3, -0.25) is 0 Å². The number of rotatable bonds is 1. The van der Waals surface area contributed by atoms with Gasteiger partial charge in [-0.15, -0.1) is 5.17 Å². The molecule has 0 radical (unpaired) electrons. The number of hydrogen-bond acceptors (Lipinski definition) is 3. The number of halogens is 3. The molecule has 1 aromatic carbocycles. The van der Waals surface area contributed by atoms with Crippen molar-refractivity contribution in [2.45, 2.75) is 10.0 Å². The topological polar surface area (TPSA) is 24.8 Å². The number of hydrazone groups is 1. The molecule has 0 fully saturated rings. The second-order valence-electron chi connectivity index (χ2n) is 2.94. The van der Waals surface area contributed by atoms with Gasteiger partial charge in [-0.1, -0.05) is 65.1 Å². The minimum Gasteiger partial charge on any atom is -0.239 e. The second-order valence-corrected chi connectivity index (χ2v) is 5.16. The molecule has 6 heteroatoms. The summed E-state index contributed by atoms with van der Waals surface area (Å²) >= 11 is 16.8. The minimum atomic E-state index is -1.68. The number of hydroxylamine groups is 1. The molecule has 0 amide bonds. The van der Waals surface area contributed by atoms with Crippen molar-refractivity contribution in [1.29, 1.82) is 0 Å². The monoisotopic (exact) mass is 264 g/mol. The molecule has 1 aliphatic rings. The van der Waals surface area contributed by atoms with Gasteiger partial charge in [0.2, 0.25) is 0 Å². The second kappa shape index (κ2) is 4.18. The fourth-order valence-corrected chi connectivity index (χ4v) is 1.45. The SMILES string of the molecule is ClC(Cl)(Cl)N1N=CC(c2ccccc2)O1. The van der Waals surface area contributed by atoms with Gasteiger partial charge in [-0.05, 0) is 5.56 Å². The van der Waals surface area contributed by atoms with Crippen LogP contribution < -0.4 is 0 Å². The van der Waals surface area contributed by atoms with Gasteiger partial charge in [0.25, 0.3) is 0 Å². The van der Waals surface area contributed by atoms with E-state index in [0.29, 0.717) is 0 Å². The van der Waals surface area contributed by atoms with Crippen LogP contribution in [0.3, 0.4) is 0 Å². The molecule has 1 aliphatic heterocycles. The van der Waals surface area contributed by atoms with Crippen LogP contribution in [0.15, 0.2) is 35.4 Å². The third kappa shape index (κ3) is 2.55. The van der Waals surface area contributed by atoms with Gasteiger partial charge in [-0.25, -0.2) is 4.84 Å². The Labute approximate surface area is 102 Å². The van der Waals surface area contributed by atoms with E-state index in [1.807, 2.05) is 30.3 Å². The third-order valence-corrected chi connectivity index (χ3v) is 2.30. The molecule has 0 aromatic heterocycles. The van der Waals surface area contributed by atoms with Gasteiger partial charge < -0.3 is 0 Å². The van der Waals surface area contributed by atoms with Gasteiger partial charge in [0, 0.05) is 0 Å². The van der Waals surface area contributed by atoms with Crippen LogP contribution in [0, 0.1) is 0 Å². The predicted octanol–water partition coefficient (Wildman–Crippen LogP) is 3.29. The molecule has 0 spiro atoms. The molecule has 2 rings (SSSR count). The summed E-state index contributed by atoms with van der Waals surface area (Å²) in [7, 11) is 0. The molecule has 15 heavy (non-hydrogen) atoms. The van der Waals surface area contributed by atoms with Crippen molar-refractivity contribution in [1.82, 2.24) is 5.17 Å². The molecule has 0 aliphatic carbocycles. The first-order chi connectivity index (χ1) is 7.07. The van der Waals surface area contributed by atoms with Crippen LogP contribution in [0.2, 0.25) is 0 Å². The average molecular weight is 266 g/mol. The standard InChI is InChI=1S/C9H7Cl3N2O/c10-9(11,12)14-13-6-8(15-14)7-4-2-1-3-5-7/h1-6,8H. The highest BCUT2D eigenvalue weighted by Crippen LogP contribution is 2.36. The van der Waals surface area contributed by atoms with E-state index < -0.39 is 3.92 Å². The van der Waals surface area contributed by atoms with E-state index >= 15 is 0 Å². The Morgan fingerprint density at radius 2 is 1.87 bits per heavy atom. The Kier molecular flexibility index (Phi) is 3.07. The maximum Gasteiger partial charge on any atom is 0.307 e. The van der Waals surface area contributed by atoms with Crippen LogP contribution >= 0.6 is 34.8 Å². The zero-order chi connectivity index (χ0) is 10.9. The van der Waals surface area contributed by atoms with Crippen molar-refractivity contribution in [3.05, 3.63) is 35.9 Å². The molecule has 1 heterocycles. The highest BCUT2D eigenvalue weighted by atomic mass is 35.6. The largest absolute Gasteiger partial charge is 0.307 e. The summed E-state index contributed by atoms with van der Waals surface area (Å²) in [5, 5.41) is 4.81. The van der Waals surface area contributed by atoms with Crippen molar-refractivity contribution in [3.8, 4) is 0 Å². The van der Waals surface area contributed by atoms with Gasteiger partial charge in [0.05, 0.1) is 6.21 Å². The summed E-state index contributed by atoms with van der Waals surface area (Å²) in [6.07, 6.45) is 1.28. The number of benzene rings is 1. The molecule has 0 N–H and O–H groups in total. The van der Waals surface area contributed by atoms with Crippen molar-refractivity contribution in [2.75, 3.05) is 0 Å². The fourth-order valence-electron chi connectivity index (χ4n) is 1.20. The Balaban J connectivity index is 2.10. The van der Waals surface area contributed by atoms with E-state index in [9.17, 15) is 0 Å². The van der Waals surface area contributed by atoms with E-state index in [2.05, 4.69) is 5.10 Å². The first kappa shape index (κ1) is 11.0. The Hall–Kier alpha value is -0.480. The minimum absolute atomic E-state index is 0.304. The fraction of sp³-hybridized carbons (Fsp3) is 0.222. The summed E-state index contributed by atoms with van der Waals surface area (Å²) < 4.78 is -1.68. The highest BCUT2D eigenvalue weighted by Gasteiger charge is 2.35. The molecule has 80 valence electrons. The smallest absolute Gasteiger partial charge is 0.239 e. The van der Waals surface area contributed by atoms with E-state index in [4.69, 9.17) is 39.6 Å². The lowest BCUT2D eigenvalue weighted by atomic mass is 10.1. The van der Waals surface area contributed by atoms with Gasteiger partial charge in [-0.2, -0.15) is 5.10 Å². The maximum atomic E-state index is 5.61. The quantitative estimate of drug-likeness (QED) is 0.575. The van der Waals surface area contributed by atoms with Crippen LogP contribution in [0.25, 0.3) is 0 Å². The first-order valence-corrected chi connectivity index (χ1v) is 5.33. The van der Waals surface area contributed by atoms with Crippen molar-refractivity contribution < 1.29 is 4.84 Å². The summed E-state index contributed by atoms with van der Waals surface area (Å²) in [5.74, 6) is 0. The van der Waals surface area contributed by atoms with Gasteiger partial charge in [0.15, 0.2) is 0 Å². The molecule has 0 saturated heterocycles. The van der Waals surface area contributed by atoms with Crippen molar-refractivity contribution in [3.63, 3.8) is 0 Å². The zero-order valence-corrected chi connectivity index (χ0v) is 9.75. The van der Waals surface area contributed by atoms with Crippen LogP contribution in [-0.4, -0.2) is 15.3 Å². The van der Waals surface area contributed by atoms with Crippen molar-refractivity contribution in [2.24, 2.45) is 5.10 Å². The van der Waals surface area contributed by atoms with Crippen LogP contribution in [0.5, 0.6) is 0 Å². The summed E-state index contributed by atoms with van der Waals surface area (Å²) in [4.78, 5) is 5.33. The number of nitrogens with zero attached hydrogens (tertiary/aromatic N) is 2. The molecular weight excluding hydrogens is 258 g/mol. The first-order valence-electron chi connectivity index (χ1n) is 4.20. The van der Waals surface area contributed by atoms with Crippen LogP contribution in [0.1, 0.15) is 11.7 Å². The Morgan fingerprint density at radius 3 is 2.40 bits per heavy atom. The summed E-state index contributed by atoms with van der Waals surface area (Å²) in [5.41, 5.74) is 0.956. The lowest BCUT2D eigenvalue weighted by Gasteiger charge is -2.22. The van der Waals surface area contributed by atoms with Crippen LogP contribution in [-0.2, 0) is 4.84 Å². The van der Waals surface area contributed by atoms with Gasteiger partial charge >= 0.3 is 3.92 Å². The van der Waals surface area contributed by atoms with Crippen LogP contribution in [0.4, 0.5) is 0 Å². The third-order valence-electron chi connectivity index (χ3n) is 1.87. The normalized spacial score (nSPS) is 21.0. The number of alkyl halides is 3. The molecular formula is C9H7Cl3N2O. The summed E-state index contributed by atoms with van der Waals surface area (Å²) in [6, 6.07) is 9.56. The molecule has 1 atom stereocenters. The summed E-state index contributed by atoms with van der Waals surface area (Å²) in [6.45, 7) is 0. The van der Waals surface area contributed by atoms with E-state index in [0.717, 1.165) is 10.7 Å². The molecule has 3 nitrogen and oxygen atoms in total. The molecule has 1 unspecified atom stereocenters. The highest BCUT2D eigenvalue weighted by molar-refractivity contribution is 6.67. The van der Waals surface area contributed by atoms with E-state index in [-0.39, 0.29) is 6.10 Å². The molecule has 0 saturated carbocycles. The Morgan fingerprint density at radius 1 is 1.20 bits per heavy atom. The van der Waals surface area contributed by atoms with E-state index in [1.165, 1.54) is 0 Å². The lowest BCUT2D eigenvalue weighted by Crippen LogP contribution is -2.27. The zero-order valence-electron chi connectivity index (χ0n) is 7.48. The predicted molar refractivity (Wildman–Crippen MR) is 60.9 cm³/mol. The Bertz CT molecular complexity index is 363. The molecule has 1 aromatic rings. The van der Waals surface area contributed by atoms with Gasteiger partial charge in [0.1, 0.15) is 6.10 Å².